The van der Waals surface area contributed by atoms with E-state index < -0.39 is 15.8 Å². The van der Waals surface area contributed by atoms with E-state index in [1.54, 1.807) is 25.1 Å². The quantitative estimate of drug-likeness (QED) is 0.502. The maximum absolute atomic E-state index is 13.9. The SMILES string of the molecule is CCc1cccc(NC(=O)C2CCN(S(=O)(=O)c3c(C)noc3C=Cc3ccccc3F)CC2)c1. The maximum atomic E-state index is 13.9. The van der Waals surface area contributed by atoms with E-state index in [-0.39, 0.29) is 41.3 Å². The van der Waals surface area contributed by atoms with Crippen molar-refractivity contribution in [3.05, 3.63) is 76.9 Å². The Morgan fingerprint density at radius 1 is 1.17 bits per heavy atom. The van der Waals surface area contributed by atoms with Gasteiger partial charge in [-0.25, -0.2) is 12.8 Å². The molecule has 1 N–H and O–H groups in total. The zero-order valence-corrected chi connectivity index (χ0v) is 20.5. The lowest BCUT2D eigenvalue weighted by Crippen LogP contribution is -2.41. The second-order valence-corrected chi connectivity index (χ2v) is 10.4. The normalized spacial score (nSPS) is 15.5. The number of piperidine rings is 1. The zero-order valence-electron chi connectivity index (χ0n) is 19.7. The molecular formula is C26H28FN3O4S. The predicted octanol–water partition coefficient (Wildman–Crippen LogP) is 4.89. The van der Waals surface area contributed by atoms with Crippen LogP contribution in [0.5, 0.6) is 0 Å². The third-order valence-corrected chi connectivity index (χ3v) is 8.24. The number of rotatable bonds is 7. The van der Waals surface area contributed by atoms with E-state index in [4.69, 9.17) is 4.52 Å². The average molecular weight is 498 g/mol. The Hall–Kier alpha value is -3.30. The van der Waals surface area contributed by atoms with E-state index in [2.05, 4.69) is 17.4 Å². The zero-order chi connectivity index (χ0) is 25.0. The van der Waals surface area contributed by atoms with Gasteiger partial charge in [-0.05, 0) is 62.1 Å². The number of sulfonamides is 1. The van der Waals surface area contributed by atoms with E-state index >= 15 is 0 Å². The van der Waals surface area contributed by atoms with Crippen LogP contribution in [0.15, 0.2) is 57.9 Å². The molecule has 0 aliphatic carbocycles. The van der Waals surface area contributed by atoms with Gasteiger partial charge in [0.2, 0.25) is 15.9 Å². The highest BCUT2D eigenvalue weighted by molar-refractivity contribution is 7.89. The summed E-state index contributed by atoms with van der Waals surface area (Å²) in [5.41, 5.74) is 2.42. The van der Waals surface area contributed by atoms with Gasteiger partial charge in [0.1, 0.15) is 11.5 Å². The largest absolute Gasteiger partial charge is 0.355 e. The Kier molecular flexibility index (Phi) is 7.47. The number of aryl methyl sites for hydroxylation is 2. The van der Waals surface area contributed by atoms with Crippen molar-refractivity contribution in [2.24, 2.45) is 5.92 Å². The van der Waals surface area contributed by atoms with Crippen LogP contribution in [0.25, 0.3) is 12.2 Å². The molecule has 7 nitrogen and oxygen atoms in total. The summed E-state index contributed by atoms with van der Waals surface area (Å²) < 4.78 is 47.4. The molecule has 2 aromatic carbocycles. The first-order valence-corrected chi connectivity index (χ1v) is 13.0. The predicted molar refractivity (Wildman–Crippen MR) is 133 cm³/mol. The number of benzene rings is 2. The summed E-state index contributed by atoms with van der Waals surface area (Å²) in [5, 5.41) is 6.78. The standard InChI is InChI=1S/C26H28FN3O4S/c1-3-19-7-6-9-22(17-19)28-26(31)21-13-15-30(16-14-21)35(32,33)25-18(2)29-34-24(25)12-11-20-8-4-5-10-23(20)27/h4-12,17,21H,3,13-16H2,1-2H3,(H,28,31). The molecule has 0 spiro atoms. The lowest BCUT2D eigenvalue weighted by atomic mass is 9.97. The van der Waals surface area contributed by atoms with E-state index in [9.17, 15) is 17.6 Å². The molecule has 0 radical (unpaired) electrons. The van der Waals surface area contributed by atoms with Crippen LogP contribution in [-0.2, 0) is 21.2 Å². The molecule has 0 saturated carbocycles. The van der Waals surface area contributed by atoms with Gasteiger partial charge in [0.05, 0.1) is 0 Å². The molecule has 3 aromatic rings. The molecule has 2 heterocycles. The summed E-state index contributed by atoms with van der Waals surface area (Å²) in [6.45, 7) is 4.02. The fourth-order valence-electron chi connectivity index (χ4n) is 4.18. The van der Waals surface area contributed by atoms with Crippen molar-refractivity contribution in [2.45, 2.75) is 38.0 Å². The summed E-state index contributed by atoms with van der Waals surface area (Å²) >= 11 is 0. The van der Waals surface area contributed by atoms with Gasteiger partial charge >= 0.3 is 0 Å². The average Bonchev–Trinajstić information content (AvgIpc) is 3.24. The van der Waals surface area contributed by atoms with Crippen LogP contribution >= 0.6 is 0 Å². The summed E-state index contributed by atoms with van der Waals surface area (Å²) in [5.74, 6) is -0.770. The fourth-order valence-corrected chi connectivity index (χ4v) is 5.90. The van der Waals surface area contributed by atoms with Crippen molar-refractivity contribution < 1.29 is 22.1 Å². The highest BCUT2D eigenvalue weighted by Crippen LogP contribution is 2.30. The Morgan fingerprint density at radius 2 is 1.91 bits per heavy atom. The molecule has 9 heteroatoms. The maximum Gasteiger partial charge on any atom is 0.248 e. The molecule has 1 aliphatic heterocycles. The topological polar surface area (TPSA) is 92.5 Å². The first-order chi connectivity index (χ1) is 16.8. The number of halogens is 1. The van der Waals surface area contributed by atoms with E-state index in [1.807, 2.05) is 24.3 Å². The van der Waals surface area contributed by atoms with Crippen LogP contribution in [0.2, 0.25) is 0 Å². The monoisotopic (exact) mass is 497 g/mol. The van der Waals surface area contributed by atoms with Gasteiger partial charge < -0.3 is 9.84 Å². The van der Waals surface area contributed by atoms with E-state index in [0.29, 0.717) is 18.4 Å². The summed E-state index contributed by atoms with van der Waals surface area (Å²) in [4.78, 5) is 12.7. The van der Waals surface area contributed by atoms with Crippen molar-refractivity contribution >= 4 is 33.8 Å². The number of carbonyl (C=O) groups is 1. The lowest BCUT2D eigenvalue weighted by molar-refractivity contribution is -0.120. The molecule has 184 valence electrons. The highest BCUT2D eigenvalue weighted by atomic mass is 32.2. The summed E-state index contributed by atoms with van der Waals surface area (Å²) in [7, 11) is -3.91. The Labute approximate surface area is 204 Å². The Bertz CT molecular complexity index is 1340. The molecule has 35 heavy (non-hydrogen) atoms. The molecule has 4 rings (SSSR count). The van der Waals surface area contributed by atoms with Crippen molar-refractivity contribution in [3.63, 3.8) is 0 Å². The van der Waals surface area contributed by atoms with Crippen molar-refractivity contribution in [3.8, 4) is 0 Å². The molecular weight excluding hydrogens is 469 g/mol. The van der Waals surface area contributed by atoms with Crippen LogP contribution in [0.4, 0.5) is 10.1 Å². The third kappa shape index (κ3) is 5.52. The van der Waals surface area contributed by atoms with Crippen LogP contribution in [-0.4, -0.2) is 36.9 Å². The highest BCUT2D eigenvalue weighted by Gasteiger charge is 2.36. The van der Waals surface area contributed by atoms with E-state index in [1.165, 1.54) is 22.5 Å². The lowest BCUT2D eigenvalue weighted by Gasteiger charge is -2.30. The van der Waals surface area contributed by atoms with Gasteiger partial charge in [0.15, 0.2) is 10.7 Å². The number of nitrogens with zero attached hydrogens (tertiary/aromatic N) is 2. The molecule has 0 bridgehead atoms. The minimum atomic E-state index is -3.91. The van der Waals surface area contributed by atoms with Crippen molar-refractivity contribution in [1.29, 1.82) is 0 Å². The number of anilines is 1. The second-order valence-electron chi connectivity index (χ2n) is 8.54. The molecule has 1 saturated heterocycles. The van der Waals surface area contributed by atoms with Gasteiger partial charge in [0.25, 0.3) is 0 Å². The Morgan fingerprint density at radius 3 is 2.63 bits per heavy atom. The molecule has 0 atom stereocenters. The smallest absolute Gasteiger partial charge is 0.248 e. The number of carbonyl (C=O) groups excluding carboxylic acids is 1. The minimum Gasteiger partial charge on any atom is -0.355 e. The molecule has 1 aromatic heterocycles. The Balaban J connectivity index is 1.45. The molecule has 0 unspecified atom stereocenters. The number of hydrogen-bond acceptors (Lipinski definition) is 5. The van der Waals surface area contributed by atoms with Crippen LogP contribution in [0.3, 0.4) is 0 Å². The first-order valence-electron chi connectivity index (χ1n) is 11.6. The summed E-state index contributed by atoms with van der Waals surface area (Å²) in [6, 6.07) is 13.9. The van der Waals surface area contributed by atoms with Crippen LogP contribution in [0.1, 0.15) is 42.3 Å². The van der Waals surface area contributed by atoms with Gasteiger partial charge in [-0.1, -0.05) is 42.4 Å². The van der Waals surface area contributed by atoms with Crippen molar-refractivity contribution in [1.82, 2.24) is 9.46 Å². The first kappa shape index (κ1) is 24.8. The third-order valence-electron chi connectivity index (χ3n) is 6.18. The second kappa shape index (κ2) is 10.5. The van der Waals surface area contributed by atoms with Crippen molar-refractivity contribution in [2.75, 3.05) is 18.4 Å². The van der Waals surface area contributed by atoms with Gasteiger partial charge in [0, 0.05) is 30.3 Å². The van der Waals surface area contributed by atoms with Crippen LogP contribution < -0.4 is 5.32 Å². The minimum absolute atomic E-state index is 0.0376. The van der Waals surface area contributed by atoms with Gasteiger partial charge in [-0.15, -0.1) is 0 Å². The molecule has 1 aliphatic rings. The van der Waals surface area contributed by atoms with Gasteiger partial charge in [-0.2, -0.15) is 4.31 Å². The van der Waals surface area contributed by atoms with E-state index in [0.717, 1.165) is 17.7 Å². The number of hydrogen-bond donors (Lipinski definition) is 1. The number of amides is 1. The van der Waals surface area contributed by atoms with Crippen LogP contribution in [0, 0.1) is 18.7 Å². The molecule has 1 fully saturated rings. The fraction of sp³-hybridized carbons (Fsp3) is 0.308. The molecule has 1 amide bonds. The summed E-state index contributed by atoms with van der Waals surface area (Å²) in [6.07, 6.45) is 4.56. The van der Waals surface area contributed by atoms with Gasteiger partial charge in [-0.3, -0.25) is 4.79 Å². The number of nitrogens with one attached hydrogen (secondary N) is 1. The number of aromatic nitrogens is 1.